The van der Waals surface area contributed by atoms with E-state index in [2.05, 4.69) is 44.9 Å². The van der Waals surface area contributed by atoms with Crippen molar-refractivity contribution in [1.29, 1.82) is 0 Å². The molecule has 0 amide bonds. The molecule has 0 aliphatic heterocycles. The third kappa shape index (κ3) is 3.36. The molecule has 0 aliphatic rings. The Morgan fingerprint density at radius 1 is 1.36 bits per heavy atom. The molecule has 0 N–H and O–H groups in total. The SMILES string of the molecule is CC(C)CCc1bcccc1. The summed E-state index contributed by atoms with van der Waals surface area (Å²) >= 11 is 0. The molecule has 0 fully saturated rings. The Morgan fingerprint density at radius 2 is 2.18 bits per heavy atom. The van der Waals surface area contributed by atoms with Gasteiger partial charge in [-0.3, -0.25) is 0 Å². The van der Waals surface area contributed by atoms with Crippen LogP contribution in [-0.4, -0.2) is 6.91 Å². The quantitative estimate of drug-likeness (QED) is 0.614. The van der Waals surface area contributed by atoms with Crippen LogP contribution < -0.4 is 0 Å². The molecule has 0 spiro atoms. The molecular weight excluding hydrogens is 131 g/mol. The third-order valence-electron chi connectivity index (χ3n) is 1.85. The van der Waals surface area contributed by atoms with Crippen molar-refractivity contribution in [1.82, 2.24) is 0 Å². The van der Waals surface area contributed by atoms with Gasteiger partial charge in [0, 0.05) is 0 Å². The van der Waals surface area contributed by atoms with Crippen molar-refractivity contribution < 1.29 is 0 Å². The Bertz CT molecular complexity index is 191. The Labute approximate surface area is 69.9 Å². The van der Waals surface area contributed by atoms with Crippen molar-refractivity contribution in [3.8, 4) is 0 Å². The monoisotopic (exact) mass is 146 g/mol. The zero-order valence-electron chi connectivity index (χ0n) is 7.38. The average Bonchev–Trinajstić information content (AvgIpc) is 2.03. The Morgan fingerprint density at radius 3 is 2.73 bits per heavy atom. The summed E-state index contributed by atoms with van der Waals surface area (Å²) in [5, 5.41) is 0. The summed E-state index contributed by atoms with van der Waals surface area (Å²) in [5.41, 5.74) is 1.46. The molecule has 1 aromatic rings. The van der Waals surface area contributed by atoms with Gasteiger partial charge >= 0.3 is 69.1 Å². The van der Waals surface area contributed by atoms with Crippen LogP contribution in [0.1, 0.15) is 25.7 Å². The van der Waals surface area contributed by atoms with Crippen molar-refractivity contribution in [2.75, 3.05) is 0 Å². The fraction of sp³-hybridized carbons (Fsp3) is 0.500. The summed E-state index contributed by atoms with van der Waals surface area (Å²) in [7, 11) is 0. The van der Waals surface area contributed by atoms with E-state index in [1.54, 1.807) is 0 Å². The van der Waals surface area contributed by atoms with Gasteiger partial charge in [0.15, 0.2) is 0 Å². The van der Waals surface area contributed by atoms with Gasteiger partial charge in [0.2, 0.25) is 0 Å². The number of hydrogen-bond donors (Lipinski definition) is 0. The van der Waals surface area contributed by atoms with Crippen LogP contribution in [0.25, 0.3) is 0 Å². The number of rotatable bonds is 3. The van der Waals surface area contributed by atoms with Crippen molar-refractivity contribution in [2.24, 2.45) is 5.92 Å². The number of hydrogen-bond acceptors (Lipinski definition) is 0. The molecule has 0 bridgehead atoms. The summed E-state index contributed by atoms with van der Waals surface area (Å²) in [6.45, 7) is 6.73. The van der Waals surface area contributed by atoms with E-state index in [9.17, 15) is 0 Å². The molecule has 0 saturated carbocycles. The molecule has 0 nitrogen and oxygen atoms in total. The molecule has 1 heterocycles. The van der Waals surface area contributed by atoms with Crippen molar-refractivity contribution >= 4 is 6.91 Å². The van der Waals surface area contributed by atoms with E-state index in [0.29, 0.717) is 0 Å². The Hall–Kier alpha value is -0.585. The Balaban J connectivity index is 2.39. The molecule has 0 aromatic carbocycles. The predicted octanol–water partition coefficient (Wildman–Crippen LogP) is 2.61. The molecule has 0 aliphatic carbocycles. The molecular formula is C10H15B. The molecule has 1 aromatic heterocycles. The minimum atomic E-state index is 0.815. The van der Waals surface area contributed by atoms with E-state index in [4.69, 9.17) is 0 Å². The van der Waals surface area contributed by atoms with Crippen LogP contribution in [-0.2, 0) is 6.42 Å². The van der Waals surface area contributed by atoms with Crippen LogP contribution in [0.5, 0.6) is 0 Å². The van der Waals surface area contributed by atoms with Crippen LogP contribution in [0.15, 0.2) is 24.2 Å². The van der Waals surface area contributed by atoms with E-state index >= 15 is 0 Å². The standard InChI is InChI=1S/C10H15B/c1-9(2)6-7-10-5-3-4-8-11-10/h3-5,8-9H,6-7H2,1-2H3. The minimum absolute atomic E-state index is 0.815. The van der Waals surface area contributed by atoms with Gasteiger partial charge in [0.05, 0.1) is 0 Å². The van der Waals surface area contributed by atoms with E-state index in [-0.39, 0.29) is 0 Å². The molecule has 11 heavy (non-hydrogen) atoms. The molecule has 0 radical (unpaired) electrons. The van der Waals surface area contributed by atoms with Crippen LogP contribution in [0.4, 0.5) is 0 Å². The molecule has 1 heteroatoms. The van der Waals surface area contributed by atoms with Crippen molar-refractivity contribution in [3.63, 3.8) is 0 Å². The molecule has 0 saturated heterocycles. The van der Waals surface area contributed by atoms with Crippen molar-refractivity contribution in [3.05, 3.63) is 29.6 Å². The second-order valence-corrected chi connectivity index (χ2v) is 3.42. The molecule has 0 unspecified atom stereocenters. The maximum absolute atomic E-state index is 2.27. The zero-order chi connectivity index (χ0) is 8.10. The van der Waals surface area contributed by atoms with Crippen molar-refractivity contribution in [2.45, 2.75) is 26.7 Å². The van der Waals surface area contributed by atoms with Crippen LogP contribution >= 0.6 is 0 Å². The predicted molar refractivity (Wildman–Crippen MR) is 50.9 cm³/mol. The van der Waals surface area contributed by atoms with E-state index < -0.39 is 0 Å². The van der Waals surface area contributed by atoms with Gasteiger partial charge in [-0.25, -0.2) is 0 Å². The maximum atomic E-state index is 2.27. The first-order valence-corrected chi connectivity index (χ1v) is 4.33. The summed E-state index contributed by atoms with van der Waals surface area (Å²) in [6.07, 6.45) is 2.52. The van der Waals surface area contributed by atoms with Crippen LogP contribution in [0.2, 0.25) is 0 Å². The van der Waals surface area contributed by atoms with E-state index in [1.807, 2.05) is 0 Å². The fourth-order valence-corrected chi connectivity index (χ4v) is 1.10. The van der Waals surface area contributed by atoms with Gasteiger partial charge in [-0.05, 0) is 0 Å². The molecule has 58 valence electrons. The molecule has 0 atom stereocenters. The second-order valence-electron chi connectivity index (χ2n) is 3.42. The first-order chi connectivity index (χ1) is 5.29. The Kier molecular flexibility index (Phi) is 3.35. The topological polar surface area (TPSA) is 0 Å². The first-order valence-electron chi connectivity index (χ1n) is 4.33. The zero-order valence-corrected chi connectivity index (χ0v) is 7.38. The summed E-state index contributed by atoms with van der Waals surface area (Å²) in [6, 6.07) is 6.37. The van der Waals surface area contributed by atoms with Crippen LogP contribution in [0, 0.1) is 5.92 Å². The number of aryl methyl sites for hydroxylation is 1. The second kappa shape index (κ2) is 4.33. The van der Waals surface area contributed by atoms with Gasteiger partial charge < -0.3 is 0 Å². The summed E-state index contributed by atoms with van der Waals surface area (Å²) in [5.74, 6) is 2.92. The van der Waals surface area contributed by atoms with Crippen LogP contribution in [0.3, 0.4) is 0 Å². The first kappa shape index (κ1) is 8.51. The summed E-state index contributed by atoms with van der Waals surface area (Å²) < 4.78 is 0. The van der Waals surface area contributed by atoms with Gasteiger partial charge in [-0.2, -0.15) is 0 Å². The van der Waals surface area contributed by atoms with E-state index in [1.165, 1.54) is 18.3 Å². The third-order valence-corrected chi connectivity index (χ3v) is 1.85. The average molecular weight is 146 g/mol. The fourth-order valence-electron chi connectivity index (χ4n) is 1.10. The summed E-state index contributed by atoms with van der Waals surface area (Å²) in [4.78, 5) is 0. The molecule has 1 rings (SSSR count). The van der Waals surface area contributed by atoms with E-state index in [0.717, 1.165) is 5.92 Å². The van der Waals surface area contributed by atoms with Gasteiger partial charge in [0.1, 0.15) is 0 Å². The van der Waals surface area contributed by atoms with Gasteiger partial charge in [0.25, 0.3) is 0 Å². The van der Waals surface area contributed by atoms with Gasteiger partial charge in [-0.15, -0.1) is 0 Å². The normalized spacial score (nSPS) is 10.1. The van der Waals surface area contributed by atoms with Gasteiger partial charge in [-0.1, -0.05) is 0 Å².